The van der Waals surface area contributed by atoms with Crippen LogP contribution in [-0.4, -0.2) is 26.3 Å². The molecule has 6 heteroatoms. The van der Waals surface area contributed by atoms with E-state index >= 15 is 0 Å². The number of carboxylic acid groups (broad SMARTS) is 1. The highest BCUT2D eigenvalue weighted by molar-refractivity contribution is 6.30. The summed E-state index contributed by atoms with van der Waals surface area (Å²) in [5.41, 5.74) is 1.49. The Balaban J connectivity index is 2.37. The van der Waals surface area contributed by atoms with Crippen LogP contribution in [-0.2, 0) is 0 Å². The molecule has 0 spiro atoms. The molecule has 0 saturated heterocycles. The van der Waals surface area contributed by atoms with Crippen molar-refractivity contribution in [3.05, 3.63) is 47.1 Å². The second-order valence-electron chi connectivity index (χ2n) is 4.57. The van der Waals surface area contributed by atoms with Crippen LogP contribution in [0.1, 0.15) is 10.5 Å². The predicted molar refractivity (Wildman–Crippen MR) is 79.0 cm³/mol. The first-order valence-electron chi connectivity index (χ1n) is 6.04. The monoisotopic (exact) mass is 303 g/mol. The molecule has 21 heavy (non-hydrogen) atoms. The van der Waals surface area contributed by atoms with Gasteiger partial charge >= 0.3 is 5.97 Å². The van der Waals surface area contributed by atoms with Crippen LogP contribution >= 0.6 is 11.6 Å². The molecule has 5 nitrogen and oxygen atoms in total. The van der Waals surface area contributed by atoms with E-state index in [1.807, 2.05) is 0 Å². The van der Waals surface area contributed by atoms with E-state index < -0.39 is 5.97 Å². The molecule has 106 valence electrons. The number of aromatic nitrogens is 1. The number of phenols is 2. The number of carboxylic acids is 1. The van der Waals surface area contributed by atoms with Crippen molar-refractivity contribution in [1.29, 1.82) is 0 Å². The van der Waals surface area contributed by atoms with Crippen molar-refractivity contribution in [2.75, 3.05) is 0 Å². The minimum absolute atomic E-state index is 0.0164. The lowest BCUT2D eigenvalue weighted by molar-refractivity contribution is 0.0692. The number of H-pyrrole nitrogens is 1. The zero-order valence-electron chi connectivity index (χ0n) is 10.6. The molecule has 0 fully saturated rings. The van der Waals surface area contributed by atoms with Crippen LogP contribution in [0, 0.1) is 0 Å². The number of fused-ring (bicyclic) bond motifs is 1. The zero-order chi connectivity index (χ0) is 15.1. The summed E-state index contributed by atoms with van der Waals surface area (Å²) in [7, 11) is 0. The summed E-state index contributed by atoms with van der Waals surface area (Å²) in [5.74, 6) is -1.76. The number of benzene rings is 2. The molecule has 0 atom stereocenters. The Morgan fingerprint density at radius 1 is 1.05 bits per heavy atom. The molecule has 0 amide bonds. The Morgan fingerprint density at radius 3 is 2.29 bits per heavy atom. The van der Waals surface area contributed by atoms with E-state index in [-0.39, 0.29) is 17.2 Å². The molecule has 0 saturated carbocycles. The van der Waals surface area contributed by atoms with Gasteiger partial charge in [0.15, 0.2) is 11.5 Å². The molecular formula is C15H10ClNO4. The van der Waals surface area contributed by atoms with E-state index in [0.29, 0.717) is 27.1 Å². The van der Waals surface area contributed by atoms with Gasteiger partial charge < -0.3 is 20.3 Å². The van der Waals surface area contributed by atoms with Crippen LogP contribution in [0.4, 0.5) is 0 Å². The molecule has 2 aromatic carbocycles. The molecule has 0 aliphatic carbocycles. The van der Waals surface area contributed by atoms with Crippen LogP contribution in [0.15, 0.2) is 36.4 Å². The molecule has 0 bridgehead atoms. The number of aromatic hydroxyl groups is 2. The van der Waals surface area contributed by atoms with Crippen molar-refractivity contribution in [1.82, 2.24) is 4.98 Å². The highest BCUT2D eigenvalue weighted by Gasteiger charge is 2.20. The SMILES string of the molecule is O=C(O)c1[nH]c2cc(O)c(O)cc2c1-c1ccc(Cl)cc1. The van der Waals surface area contributed by atoms with Crippen LogP contribution < -0.4 is 0 Å². The highest BCUT2D eigenvalue weighted by atomic mass is 35.5. The number of phenolic OH excluding ortho intramolecular Hbond substituents is 2. The summed E-state index contributed by atoms with van der Waals surface area (Å²) < 4.78 is 0. The highest BCUT2D eigenvalue weighted by Crippen LogP contribution is 2.38. The number of halogens is 1. The number of hydrogen-bond donors (Lipinski definition) is 4. The molecule has 0 aliphatic rings. The van der Waals surface area contributed by atoms with Gasteiger partial charge in [0.1, 0.15) is 5.69 Å². The van der Waals surface area contributed by atoms with Gasteiger partial charge in [0, 0.05) is 22.0 Å². The molecule has 0 radical (unpaired) electrons. The maximum absolute atomic E-state index is 11.4. The third kappa shape index (κ3) is 2.17. The lowest BCUT2D eigenvalue weighted by Crippen LogP contribution is -1.98. The number of carbonyl (C=O) groups is 1. The standard InChI is InChI=1S/C15H10ClNO4/c16-8-3-1-7(2-4-8)13-9-5-11(18)12(19)6-10(9)17-14(13)15(20)21/h1-6,17-19H,(H,20,21). The summed E-state index contributed by atoms with van der Waals surface area (Å²) in [4.78, 5) is 14.2. The second kappa shape index (κ2) is 4.71. The van der Waals surface area contributed by atoms with Gasteiger partial charge in [0.25, 0.3) is 0 Å². The van der Waals surface area contributed by atoms with E-state index in [2.05, 4.69) is 4.98 Å². The average molecular weight is 304 g/mol. The third-order valence-electron chi connectivity index (χ3n) is 3.24. The summed E-state index contributed by atoms with van der Waals surface area (Å²) in [6.45, 7) is 0. The molecule has 1 heterocycles. The Hall–Kier alpha value is -2.66. The van der Waals surface area contributed by atoms with Gasteiger partial charge in [0.05, 0.1) is 5.52 Å². The third-order valence-corrected chi connectivity index (χ3v) is 3.49. The van der Waals surface area contributed by atoms with E-state index in [9.17, 15) is 20.1 Å². The first kappa shape index (κ1) is 13.3. The van der Waals surface area contributed by atoms with Crippen molar-refractivity contribution < 1.29 is 20.1 Å². The number of rotatable bonds is 2. The summed E-state index contributed by atoms with van der Waals surface area (Å²) >= 11 is 5.84. The molecule has 4 N–H and O–H groups in total. The number of aromatic amines is 1. The molecule has 0 aliphatic heterocycles. The molecule has 1 aromatic heterocycles. The number of aromatic carboxylic acids is 1. The fourth-order valence-electron chi connectivity index (χ4n) is 2.30. The maximum Gasteiger partial charge on any atom is 0.352 e. The van der Waals surface area contributed by atoms with E-state index in [0.717, 1.165) is 0 Å². The van der Waals surface area contributed by atoms with Gasteiger partial charge in [-0.2, -0.15) is 0 Å². The maximum atomic E-state index is 11.4. The average Bonchev–Trinajstić information content (AvgIpc) is 2.79. The Labute approximate surface area is 124 Å². The van der Waals surface area contributed by atoms with E-state index in [1.165, 1.54) is 12.1 Å². The molecular weight excluding hydrogens is 294 g/mol. The van der Waals surface area contributed by atoms with Crippen LogP contribution in [0.25, 0.3) is 22.0 Å². The Morgan fingerprint density at radius 2 is 1.67 bits per heavy atom. The second-order valence-corrected chi connectivity index (χ2v) is 5.01. The van der Waals surface area contributed by atoms with Gasteiger partial charge in [-0.25, -0.2) is 4.79 Å². The van der Waals surface area contributed by atoms with Gasteiger partial charge in [-0.3, -0.25) is 0 Å². The van der Waals surface area contributed by atoms with Gasteiger partial charge in [-0.05, 0) is 23.8 Å². The number of nitrogens with one attached hydrogen (secondary N) is 1. The van der Waals surface area contributed by atoms with Gasteiger partial charge in [0.2, 0.25) is 0 Å². The normalized spacial score (nSPS) is 10.9. The number of hydrogen-bond acceptors (Lipinski definition) is 3. The predicted octanol–water partition coefficient (Wildman–Crippen LogP) is 3.60. The topological polar surface area (TPSA) is 93.5 Å². The van der Waals surface area contributed by atoms with Crippen molar-refractivity contribution in [3.63, 3.8) is 0 Å². The van der Waals surface area contributed by atoms with Crippen molar-refractivity contribution >= 4 is 28.5 Å². The lowest BCUT2D eigenvalue weighted by atomic mass is 10.0. The first-order chi connectivity index (χ1) is 9.97. The summed E-state index contributed by atoms with van der Waals surface area (Å²) in [6.07, 6.45) is 0. The lowest BCUT2D eigenvalue weighted by Gasteiger charge is -2.03. The van der Waals surface area contributed by atoms with Gasteiger partial charge in [-0.15, -0.1) is 0 Å². The summed E-state index contributed by atoms with van der Waals surface area (Å²) in [5, 5.41) is 29.6. The largest absolute Gasteiger partial charge is 0.504 e. The Kier molecular flexibility index (Phi) is 2.99. The fraction of sp³-hybridized carbons (Fsp3) is 0. The smallest absolute Gasteiger partial charge is 0.352 e. The fourth-order valence-corrected chi connectivity index (χ4v) is 2.42. The molecule has 3 aromatic rings. The van der Waals surface area contributed by atoms with Crippen molar-refractivity contribution in [2.45, 2.75) is 0 Å². The minimum Gasteiger partial charge on any atom is -0.504 e. The molecule has 0 unspecified atom stereocenters. The van der Waals surface area contributed by atoms with Crippen molar-refractivity contribution in [2.24, 2.45) is 0 Å². The van der Waals surface area contributed by atoms with Crippen molar-refractivity contribution in [3.8, 4) is 22.6 Å². The first-order valence-corrected chi connectivity index (χ1v) is 6.42. The van der Waals surface area contributed by atoms with Crippen LogP contribution in [0.3, 0.4) is 0 Å². The summed E-state index contributed by atoms with van der Waals surface area (Å²) in [6, 6.07) is 9.32. The molecule has 3 rings (SSSR count). The van der Waals surface area contributed by atoms with Crippen LogP contribution in [0.2, 0.25) is 5.02 Å². The zero-order valence-corrected chi connectivity index (χ0v) is 11.3. The Bertz CT molecular complexity index is 852. The minimum atomic E-state index is -1.13. The van der Waals surface area contributed by atoms with Gasteiger partial charge in [-0.1, -0.05) is 23.7 Å². The quantitative estimate of drug-likeness (QED) is 0.544. The van der Waals surface area contributed by atoms with E-state index in [4.69, 9.17) is 11.6 Å². The van der Waals surface area contributed by atoms with Crippen LogP contribution in [0.5, 0.6) is 11.5 Å². The van der Waals surface area contributed by atoms with E-state index in [1.54, 1.807) is 24.3 Å².